The van der Waals surface area contributed by atoms with Crippen molar-refractivity contribution in [3.05, 3.63) is 0 Å². The van der Waals surface area contributed by atoms with E-state index in [1.165, 1.54) is 7.11 Å². The van der Waals surface area contributed by atoms with Crippen LogP contribution in [0, 0.1) is 0 Å². The summed E-state index contributed by atoms with van der Waals surface area (Å²) in [5.74, 6) is -0.323. The lowest BCUT2D eigenvalue weighted by molar-refractivity contribution is -0.132. The highest BCUT2D eigenvalue weighted by Gasteiger charge is 1.96. The van der Waals surface area contributed by atoms with Gasteiger partial charge in [-0.1, -0.05) is 0 Å². The van der Waals surface area contributed by atoms with Crippen LogP contribution >= 0.6 is 8.86 Å². The lowest BCUT2D eigenvalue weighted by Gasteiger charge is -1.90. The summed E-state index contributed by atoms with van der Waals surface area (Å²) in [6, 6.07) is 0. The van der Waals surface area contributed by atoms with Crippen molar-refractivity contribution >= 4 is 20.1 Å². The second-order valence-electron chi connectivity index (χ2n) is 1.12. The van der Waals surface area contributed by atoms with Gasteiger partial charge in [-0.3, -0.25) is 0 Å². The molecule has 0 aromatic heterocycles. The highest BCUT2D eigenvalue weighted by Crippen LogP contribution is 1.80. The van der Waals surface area contributed by atoms with Crippen molar-refractivity contribution in [1.29, 1.82) is 0 Å². The van der Waals surface area contributed by atoms with Crippen molar-refractivity contribution < 1.29 is 9.53 Å². The molecule has 9 heavy (non-hydrogen) atoms. The molecule has 0 aromatic rings. The Morgan fingerprint density at radius 3 is 1.78 bits per heavy atom. The molecule has 0 aliphatic carbocycles. The quantitative estimate of drug-likeness (QED) is 0.429. The van der Waals surface area contributed by atoms with Gasteiger partial charge in [0.2, 0.25) is 0 Å². The first-order valence-corrected chi connectivity index (χ1v) is 2.32. The fourth-order valence-corrected chi connectivity index (χ4v) is 0.255. The number of rotatable bonds is 1. The summed E-state index contributed by atoms with van der Waals surface area (Å²) in [6.07, 6.45) is 0. The molecule has 0 aromatic carbocycles. The Morgan fingerprint density at radius 1 is 1.44 bits per heavy atom. The Bertz CT molecular complexity index is 105. The average molecular weight is 152 g/mol. The molecule has 0 amide bonds. The second kappa shape index (κ2) is 7.56. The zero-order valence-corrected chi connectivity index (χ0v) is 6.73. The molecule has 0 saturated carbocycles. The summed E-state index contributed by atoms with van der Waals surface area (Å²) in [7, 11) is 4.33. The predicted molar refractivity (Wildman–Crippen MR) is 41.1 cm³/mol. The van der Waals surface area contributed by atoms with Gasteiger partial charge in [-0.25, -0.2) is 4.79 Å². The molecule has 5 heteroatoms. The van der Waals surface area contributed by atoms with Gasteiger partial charge in [-0.15, -0.1) is 8.86 Å². The van der Waals surface area contributed by atoms with E-state index >= 15 is 0 Å². The summed E-state index contributed by atoms with van der Waals surface area (Å²) in [6.45, 7) is 1.63. The predicted octanol–water partition coefficient (Wildman–Crippen LogP) is 0.818. The fourth-order valence-electron chi connectivity index (χ4n) is 0.153. The fraction of sp³-hybridized carbons (Fsp3) is 0.500. The Hall–Kier alpha value is -0.440. The summed E-state index contributed by atoms with van der Waals surface area (Å²) in [4.78, 5) is 10.2. The topological polar surface area (TPSA) is 96.3 Å². The van der Waals surface area contributed by atoms with Crippen molar-refractivity contribution in [2.75, 3.05) is 7.11 Å². The van der Waals surface area contributed by atoms with Crippen LogP contribution in [-0.2, 0) is 9.53 Å². The van der Waals surface area contributed by atoms with Crippen LogP contribution in [0.5, 0.6) is 0 Å². The van der Waals surface area contributed by atoms with Gasteiger partial charge in [-0.2, -0.15) is 0 Å². The first-order valence-electron chi connectivity index (χ1n) is 1.82. The number of carbonyl (C=O) groups excluding carboxylic acids is 1. The van der Waals surface area contributed by atoms with E-state index in [4.69, 9.17) is 0 Å². The number of ether oxygens (including phenoxy) is 1. The molecule has 0 rings (SSSR count). The van der Waals surface area contributed by atoms with Crippen LogP contribution < -0.4 is 12.3 Å². The van der Waals surface area contributed by atoms with Gasteiger partial charge in [0, 0.05) is 0 Å². The first-order chi connectivity index (χ1) is 3.18. The van der Waals surface area contributed by atoms with Gasteiger partial charge < -0.3 is 17.0 Å². The van der Waals surface area contributed by atoms with Gasteiger partial charge in [0.15, 0.2) is 0 Å². The summed E-state index contributed by atoms with van der Waals surface area (Å²) in [5.41, 5.74) is 0. The van der Waals surface area contributed by atoms with Gasteiger partial charge >= 0.3 is 5.97 Å². The van der Waals surface area contributed by atoms with Crippen molar-refractivity contribution in [1.82, 2.24) is 12.3 Å². The zero-order valence-electron chi connectivity index (χ0n) is 5.73. The molecule has 0 saturated heterocycles. The molecule has 0 heterocycles. The van der Waals surface area contributed by atoms with Crippen LogP contribution in [0.3, 0.4) is 0 Å². The number of esters is 1. The lowest BCUT2D eigenvalue weighted by atomic mass is 10.5. The first kappa shape index (κ1) is 15.8. The number of hydrogen-bond acceptors (Lipinski definition) is 4. The minimum Gasteiger partial charge on any atom is -0.465 e. The molecular weight excluding hydrogens is 139 g/mol. The van der Waals surface area contributed by atoms with E-state index in [0.717, 1.165) is 0 Å². The largest absolute Gasteiger partial charge is 0.465 e. The Labute approximate surface area is 57.0 Å². The molecule has 6 N–H and O–H groups in total. The molecule has 0 spiro atoms. The minimum absolute atomic E-state index is 0. The molecule has 4 nitrogen and oxygen atoms in total. The maximum absolute atomic E-state index is 10.2. The van der Waals surface area contributed by atoms with E-state index in [1.54, 1.807) is 6.92 Å². The molecular formula is C4H13N2O2P. The van der Waals surface area contributed by atoms with E-state index in [0.29, 0.717) is 5.29 Å². The van der Waals surface area contributed by atoms with Crippen molar-refractivity contribution in [3.63, 3.8) is 0 Å². The standard InChI is InChI=1S/C4H7O2P.2H3N/c1-3(7)4(5)6-2;;/h7H,1-2H3;2*1H3. The lowest BCUT2D eigenvalue weighted by Crippen LogP contribution is -2.07. The average Bonchev–Trinajstić information content (AvgIpc) is 1.65. The number of hydrogen-bond donors (Lipinski definition) is 2. The van der Waals surface area contributed by atoms with E-state index < -0.39 is 0 Å². The normalized spacial score (nSPS) is 6.00. The van der Waals surface area contributed by atoms with Crippen LogP contribution in [0.2, 0.25) is 0 Å². The summed E-state index contributed by atoms with van der Waals surface area (Å²) >= 11 is 0. The monoisotopic (exact) mass is 152 g/mol. The molecule has 0 aliphatic rings. The molecule has 56 valence electrons. The molecule has 0 unspecified atom stereocenters. The van der Waals surface area contributed by atoms with Gasteiger partial charge in [0.1, 0.15) is 0 Å². The van der Waals surface area contributed by atoms with Crippen LogP contribution in [0.4, 0.5) is 0 Å². The minimum atomic E-state index is -0.323. The number of methoxy groups -OCH3 is 1. The third-order valence-corrected chi connectivity index (χ3v) is 0.696. The van der Waals surface area contributed by atoms with Gasteiger partial charge in [0.05, 0.1) is 12.4 Å². The Kier molecular flexibility index (Phi) is 13.3. The smallest absolute Gasteiger partial charge is 0.337 e. The molecule has 0 atom stereocenters. The van der Waals surface area contributed by atoms with E-state index in [1.807, 2.05) is 0 Å². The highest BCUT2D eigenvalue weighted by atomic mass is 31.0. The molecule has 0 aliphatic heterocycles. The molecule has 0 radical (unpaired) electrons. The third-order valence-electron chi connectivity index (χ3n) is 0.492. The van der Waals surface area contributed by atoms with Crippen LogP contribution in [0.1, 0.15) is 6.92 Å². The van der Waals surface area contributed by atoms with Gasteiger partial charge in [-0.05, 0) is 6.92 Å². The van der Waals surface area contributed by atoms with Crippen LogP contribution in [-0.4, -0.2) is 18.4 Å². The second-order valence-corrected chi connectivity index (χ2v) is 1.87. The summed E-state index contributed by atoms with van der Waals surface area (Å²) in [5, 5.41) is 0.488. The number of carbonyl (C=O) groups is 1. The molecule has 0 fully saturated rings. The van der Waals surface area contributed by atoms with E-state index in [2.05, 4.69) is 13.6 Å². The van der Waals surface area contributed by atoms with E-state index in [9.17, 15) is 4.79 Å². The van der Waals surface area contributed by atoms with Crippen molar-refractivity contribution in [2.45, 2.75) is 6.92 Å². The Morgan fingerprint density at radius 2 is 1.78 bits per heavy atom. The van der Waals surface area contributed by atoms with E-state index in [-0.39, 0.29) is 18.3 Å². The van der Waals surface area contributed by atoms with Crippen molar-refractivity contribution in [2.24, 2.45) is 0 Å². The highest BCUT2D eigenvalue weighted by molar-refractivity contribution is 7.25. The van der Waals surface area contributed by atoms with Crippen LogP contribution in [0.25, 0.3) is 0 Å². The Balaban J connectivity index is -0.000000180. The van der Waals surface area contributed by atoms with Crippen molar-refractivity contribution in [3.8, 4) is 0 Å². The molecule has 0 bridgehead atoms. The maximum Gasteiger partial charge on any atom is 0.337 e. The summed E-state index contributed by atoms with van der Waals surface area (Å²) < 4.78 is 4.29. The SMILES string of the molecule is COC(=O)C(C)=P.N.N. The third kappa shape index (κ3) is 7.56. The zero-order chi connectivity index (χ0) is 5.86. The van der Waals surface area contributed by atoms with Crippen LogP contribution in [0.15, 0.2) is 0 Å². The maximum atomic E-state index is 10.2. The van der Waals surface area contributed by atoms with Gasteiger partial charge in [0.25, 0.3) is 0 Å².